The first-order valence-corrected chi connectivity index (χ1v) is 12.9. The molecule has 1 saturated heterocycles. The molecule has 2 atom stereocenters. The van der Waals surface area contributed by atoms with E-state index in [1.165, 1.54) is 5.38 Å². The van der Waals surface area contributed by atoms with Gasteiger partial charge in [0.2, 0.25) is 5.91 Å². The number of thiazole rings is 1. The van der Waals surface area contributed by atoms with Gasteiger partial charge >= 0.3 is 10.3 Å². The molecule has 0 saturated carbocycles. The van der Waals surface area contributed by atoms with E-state index in [-0.39, 0.29) is 21.0 Å². The Labute approximate surface area is 185 Å². The van der Waals surface area contributed by atoms with E-state index in [9.17, 15) is 31.2 Å². The van der Waals surface area contributed by atoms with Crippen LogP contribution in [0.1, 0.15) is 5.69 Å². The summed E-state index contributed by atoms with van der Waals surface area (Å²) in [4.78, 5) is 44.7. The molecule has 0 radical (unpaired) electrons. The zero-order valence-corrected chi connectivity index (χ0v) is 19.0. The molecule has 0 aromatic carbocycles. The second kappa shape index (κ2) is 9.43. The number of carbonyl (C=O) groups is 3. The molecule has 1 aromatic heterocycles. The van der Waals surface area contributed by atoms with Crippen molar-refractivity contribution in [3.05, 3.63) is 11.1 Å². The standard InChI is InChI=1S/C13H16ClN5O9S3/c1-28-18-9(6-4-29-13(15-6)16-8(20)3-14)11(21)17-10-7(5-30(2,23)24)19(12(10)22)31(25,26)27/h4,7,10H,3,5H2,1-2H3,(H,17,21)(H,15,16,20)(H,25,26,27)/t7-,10+/m1/s1. The molecule has 172 valence electrons. The van der Waals surface area contributed by atoms with Gasteiger partial charge in [-0.15, -0.1) is 22.9 Å². The van der Waals surface area contributed by atoms with Crippen molar-refractivity contribution >= 4 is 71.6 Å². The van der Waals surface area contributed by atoms with Crippen molar-refractivity contribution in [2.24, 2.45) is 5.16 Å². The highest BCUT2D eigenvalue weighted by Crippen LogP contribution is 2.25. The van der Waals surface area contributed by atoms with E-state index in [0.717, 1.165) is 24.7 Å². The Morgan fingerprint density at radius 2 is 2.03 bits per heavy atom. The number of carbonyl (C=O) groups excluding carboxylic acids is 3. The van der Waals surface area contributed by atoms with Gasteiger partial charge < -0.3 is 15.5 Å². The molecule has 0 spiro atoms. The first-order chi connectivity index (χ1) is 14.3. The molecular formula is C13H16ClN5O9S3. The Hall–Kier alpha value is -2.34. The molecule has 31 heavy (non-hydrogen) atoms. The molecule has 0 bridgehead atoms. The summed E-state index contributed by atoms with van der Waals surface area (Å²) >= 11 is 6.32. The van der Waals surface area contributed by atoms with Crippen LogP contribution in [0.5, 0.6) is 0 Å². The maximum atomic E-state index is 12.6. The first-order valence-electron chi connectivity index (χ1n) is 8.00. The average Bonchev–Trinajstić information content (AvgIpc) is 3.09. The van der Waals surface area contributed by atoms with Crippen LogP contribution in [0, 0.1) is 0 Å². The minimum atomic E-state index is -5.05. The number of halogens is 1. The van der Waals surface area contributed by atoms with Crippen molar-refractivity contribution < 1.29 is 40.6 Å². The van der Waals surface area contributed by atoms with Gasteiger partial charge in [-0.25, -0.2) is 17.7 Å². The van der Waals surface area contributed by atoms with Gasteiger partial charge in [-0.1, -0.05) is 5.16 Å². The lowest BCUT2D eigenvalue weighted by Gasteiger charge is -2.43. The van der Waals surface area contributed by atoms with Gasteiger partial charge in [-0.05, 0) is 0 Å². The highest BCUT2D eigenvalue weighted by Gasteiger charge is 2.55. The maximum Gasteiger partial charge on any atom is 0.362 e. The fourth-order valence-electron chi connectivity index (χ4n) is 2.53. The fraction of sp³-hybridized carbons (Fsp3) is 0.462. The van der Waals surface area contributed by atoms with E-state index >= 15 is 0 Å². The third kappa shape index (κ3) is 6.10. The van der Waals surface area contributed by atoms with E-state index in [2.05, 4.69) is 25.6 Å². The van der Waals surface area contributed by atoms with Crippen LogP contribution < -0.4 is 10.6 Å². The fourth-order valence-corrected chi connectivity index (χ4v) is 5.25. The minimum Gasteiger partial charge on any atom is -0.398 e. The highest BCUT2D eigenvalue weighted by atomic mass is 35.5. The Kier molecular flexibility index (Phi) is 7.58. The zero-order valence-electron chi connectivity index (χ0n) is 15.8. The van der Waals surface area contributed by atoms with Crippen LogP contribution in [0.4, 0.5) is 5.13 Å². The van der Waals surface area contributed by atoms with Gasteiger partial charge in [-0.2, -0.15) is 8.42 Å². The summed E-state index contributed by atoms with van der Waals surface area (Å²) in [5.41, 5.74) is -0.506. The lowest BCUT2D eigenvalue weighted by atomic mass is 10.0. The highest BCUT2D eigenvalue weighted by molar-refractivity contribution is 7.90. The SMILES string of the molecule is CON=C(C(=O)N[C@@H]1C(=O)N(S(=O)(=O)O)[C@@H]1CS(C)(=O)=O)c1csc(NC(=O)CCl)n1. The molecule has 0 unspecified atom stereocenters. The smallest absolute Gasteiger partial charge is 0.362 e. The van der Waals surface area contributed by atoms with Gasteiger partial charge in [0.1, 0.15) is 34.6 Å². The van der Waals surface area contributed by atoms with Crippen molar-refractivity contribution in [3.8, 4) is 0 Å². The van der Waals surface area contributed by atoms with Gasteiger partial charge in [0.05, 0.1) is 11.8 Å². The minimum absolute atomic E-state index is 0.0330. The summed E-state index contributed by atoms with van der Waals surface area (Å²) in [5.74, 6) is -4.01. The van der Waals surface area contributed by atoms with Gasteiger partial charge in [0, 0.05) is 11.6 Å². The number of nitrogens with zero attached hydrogens (tertiary/aromatic N) is 3. The van der Waals surface area contributed by atoms with E-state index in [4.69, 9.17) is 16.2 Å². The molecule has 3 amide bonds. The lowest BCUT2D eigenvalue weighted by Crippen LogP contribution is -2.73. The summed E-state index contributed by atoms with van der Waals surface area (Å²) in [7, 11) is -7.73. The summed E-state index contributed by atoms with van der Waals surface area (Å²) in [6.07, 6.45) is 0.792. The molecule has 1 fully saturated rings. The van der Waals surface area contributed by atoms with Crippen LogP contribution in [0.3, 0.4) is 0 Å². The second-order valence-corrected chi connectivity index (χ2v) is 10.7. The largest absolute Gasteiger partial charge is 0.398 e. The zero-order chi connectivity index (χ0) is 23.6. The van der Waals surface area contributed by atoms with Gasteiger partial charge in [0.15, 0.2) is 10.8 Å². The normalized spacial score (nSPS) is 19.5. The van der Waals surface area contributed by atoms with Crippen molar-refractivity contribution in [1.82, 2.24) is 14.6 Å². The van der Waals surface area contributed by atoms with Crippen LogP contribution in [0.25, 0.3) is 0 Å². The summed E-state index contributed by atoms with van der Waals surface area (Å²) in [6.45, 7) is 0. The molecule has 0 aliphatic carbocycles. The number of sulfone groups is 1. The summed E-state index contributed by atoms with van der Waals surface area (Å²) < 4.78 is 55.1. The van der Waals surface area contributed by atoms with Gasteiger partial charge in [-0.3, -0.25) is 18.9 Å². The van der Waals surface area contributed by atoms with E-state index in [0.29, 0.717) is 0 Å². The Balaban J connectivity index is 2.26. The Morgan fingerprint density at radius 3 is 2.55 bits per heavy atom. The topological polar surface area (TPSA) is 202 Å². The molecule has 2 heterocycles. The number of anilines is 1. The van der Waals surface area contributed by atoms with Crippen LogP contribution >= 0.6 is 22.9 Å². The molecule has 3 N–H and O–H groups in total. The Morgan fingerprint density at radius 1 is 1.39 bits per heavy atom. The monoisotopic (exact) mass is 517 g/mol. The van der Waals surface area contributed by atoms with Crippen molar-refractivity contribution in [3.63, 3.8) is 0 Å². The third-order valence-electron chi connectivity index (χ3n) is 3.69. The molecule has 18 heteroatoms. The predicted molar refractivity (Wildman–Crippen MR) is 109 cm³/mol. The molecule has 1 aliphatic rings. The third-order valence-corrected chi connectivity index (χ3v) is 6.59. The maximum absolute atomic E-state index is 12.6. The van der Waals surface area contributed by atoms with Crippen LogP contribution in [-0.2, 0) is 39.4 Å². The number of β-lactam (4-membered cyclic amide) rings is 1. The van der Waals surface area contributed by atoms with Crippen LogP contribution in [0.15, 0.2) is 10.5 Å². The van der Waals surface area contributed by atoms with E-state index < -0.39 is 61.4 Å². The summed E-state index contributed by atoms with van der Waals surface area (Å²) in [6, 6.07) is -3.15. The molecule has 1 aromatic rings. The number of hydrogen-bond acceptors (Lipinski definition) is 11. The van der Waals surface area contributed by atoms with Crippen molar-refractivity contribution in [2.75, 3.05) is 30.3 Å². The number of amides is 3. The number of rotatable bonds is 9. The second-order valence-electron chi connectivity index (χ2n) is 6.06. The van der Waals surface area contributed by atoms with E-state index in [1.807, 2.05) is 0 Å². The number of hydrogen-bond donors (Lipinski definition) is 3. The lowest BCUT2D eigenvalue weighted by molar-refractivity contribution is -0.143. The van der Waals surface area contributed by atoms with Crippen LogP contribution in [-0.4, -0.2) is 91.2 Å². The average molecular weight is 518 g/mol. The number of oxime groups is 1. The molecular weight excluding hydrogens is 502 g/mol. The number of alkyl halides is 1. The van der Waals surface area contributed by atoms with E-state index in [1.54, 1.807) is 0 Å². The summed E-state index contributed by atoms with van der Waals surface area (Å²) in [5, 5.41) is 9.45. The number of nitrogens with one attached hydrogen (secondary N) is 2. The molecule has 2 rings (SSSR count). The quantitative estimate of drug-likeness (QED) is 0.110. The number of aromatic nitrogens is 1. The Bertz CT molecular complexity index is 1130. The van der Waals surface area contributed by atoms with Gasteiger partial charge in [0.25, 0.3) is 11.8 Å². The molecule has 14 nitrogen and oxygen atoms in total. The molecule has 1 aliphatic heterocycles. The van der Waals surface area contributed by atoms with Crippen LogP contribution in [0.2, 0.25) is 0 Å². The predicted octanol–water partition coefficient (Wildman–Crippen LogP) is -1.79. The van der Waals surface area contributed by atoms with Crippen molar-refractivity contribution in [1.29, 1.82) is 0 Å². The van der Waals surface area contributed by atoms with Crippen molar-refractivity contribution in [2.45, 2.75) is 12.1 Å². The first kappa shape index (κ1) is 24.9.